The summed E-state index contributed by atoms with van der Waals surface area (Å²) in [5.74, 6) is 1.02. The molecule has 1 aromatic carbocycles. The molecule has 2 aromatic heterocycles. The predicted octanol–water partition coefficient (Wildman–Crippen LogP) is 5.57. The number of nitrogens with one attached hydrogen (secondary N) is 1. The fraction of sp³-hybridized carbons (Fsp3) is 0.594. The standard InChI is InChI=1S/C32H46N6/c1-35-18-5-8-30(35)24-37(25-31-33-16-17-34-31)23-28-11-9-27(10-12-28)22-36-19-13-32(26-36)14-20-38(21-15-32)29-6-3-2-4-7-29/h5,8-12,16-18,29H,2-4,6-7,13-15,19-26H2,1H3,(H,33,34). The van der Waals surface area contributed by atoms with Crippen LogP contribution >= 0.6 is 0 Å². The van der Waals surface area contributed by atoms with Crippen molar-refractivity contribution in [2.45, 2.75) is 83.6 Å². The first-order chi connectivity index (χ1) is 18.6. The second-order valence-electron chi connectivity index (χ2n) is 12.4. The van der Waals surface area contributed by atoms with Gasteiger partial charge >= 0.3 is 0 Å². The van der Waals surface area contributed by atoms with E-state index < -0.39 is 0 Å². The van der Waals surface area contributed by atoms with Crippen LogP contribution in [0.5, 0.6) is 0 Å². The second-order valence-corrected chi connectivity index (χ2v) is 12.4. The molecule has 0 bridgehead atoms. The number of benzene rings is 1. The largest absolute Gasteiger partial charge is 0.353 e. The normalized spacial score (nSPS) is 21.1. The molecule has 2 aliphatic heterocycles. The maximum Gasteiger partial charge on any atom is 0.120 e. The van der Waals surface area contributed by atoms with Crippen molar-refractivity contribution in [2.24, 2.45) is 12.5 Å². The number of hydrogen-bond donors (Lipinski definition) is 1. The second kappa shape index (κ2) is 11.8. The molecule has 0 radical (unpaired) electrons. The summed E-state index contributed by atoms with van der Waals surface area (Å²) < 4.78 is 2.21. The van der Waals surface area contributed by atoms with Crippen LogP contribution in [-0.2, 0) is 33.2 Å². The maximum absolute atomic E-state index is 4.47. The summed E-state index contributed by atoms with van der Waals surface area (Å²) in [5, 5.41) is 0. The smallest absolute Gasteiger partial charge is 0.120 e. The predicted molar refractivity (Wildman–Crippen MR) is 153 cm³/mol. The zero-order chi connectivity index (χ0) is 25.8. The first kappa shape index (κ1) is 25.8. The number of likely N-dealkylation sites (tertiary alicyclic amines) is 2. The summed E-state index contributed by atoms with van der Waals surface area (Å²) >= 11 is 0. The summed E-state index contributed by atoms with van der Waals surface area (Å²) in [6, 6.07) is 14.6. The van der Waals surface area contributed by atoms with Crippen LogP contribution in [0.4, 0.5) is 0 Å². The Morgan fingerprint density at radius 1 is 0.921 bits per heavy atom. The van der Waals surface area contributed by atoms with Crippen molar-refractivity contribution in [3.63, 3.8) is 0 Å². The van der Waals surface area contributed by atoms with E-state index in [4.69, 9.17) is 0 Å². The minimum absolute atomic E-state index is 0.578. The van der Waals surface area contributed by atoms with E-state index in [1.165, 1.54) is 94.4 Å². The van der Waals surface area contributed by atoms with Gasteiger partial charge in [0.2, 0.25) is 0 Å². The van der Waals surface area contributed by atoms with E-state index in [-0.39, 0.29) is 0 Å². The summed E-state index contributed by atoms with van der Waals surface area (Å²) in [5.41, 5.74) is 4.71. The highest BCUT2D eigenvalue weighted by atomic mass is 15.2. The molecule has 0 atom stereocenters. The Kier molecular flexibility index (Phi) is 8.00. The van der Waals surface area contributed by atoms with Crippen molar-refractivity contribution < 1.29 is 0 Å². The Hall–Kier alpha value is -2.41. The van der Waals surface area contributed by atoms with Crippen LogP contribution in [0.3, 0.4) is 0 Å². The molecular formula is C32H46N6. The van der Waals surface area contributed by atoms with Crippen LogP contribution in [0.25, 0.3) is 0 Å². The van der Waals surface area contributed by atoms with Crippen molar-refractivity contribution in [1.82, 2.24) is 29.2 Å². The highest BCUT2D eigenvalue weighted by Gasteiger charge is 2.41. The van der Waals surface area contributed by atoms with Gasteiger partial charge in [-0.05, 0) is 80.4 Å². The van der Waals surface area contributed by atoms with Gasteiger partial charge in [0.15, 0.2) is 0 Å². The first-order valence-corrected chi connectivity index (χ1v) is 15.0. The number of aromatic nitrogens is 3. The third-order valence-electron chi connectivity index (χ3n) is 9.67. The molecule has 1 aliphatic carbocycles. The van der Waals surface area contributed by atoms with E-state index in [9.17, 15) is 0 Å². The Morgan fingerprint density at radius 2 is 1.68 bits per heavy atom. The zero-order valence-electron chi connectivity index (χ0n) is 23.3. The Morgan fingerprint density at radius 3 is 2.39 bits per heavy atom. The molecule has 6 nitrogen and oxygen atoms in total. The summed E-state index contributed by atoms with van der Waals surface area (Å²) in [4.78, 5) is 15.8. The van der Waals surface area contributed by atoms with Crippen LogP contribution in [0.2, 0.25) is 0 Å². The lowest BCUT2D eigenvalue weighted by molar-refractivity contribution is 0.0615. The summed E-state index contributed by atoms with van der Waals surface area (Å²) in [6.45, 7) is 8.95. The molecule has 6 rings (SSSR count). The highest BCUT2D eigenvalue weighted by molar-refractivity contribution is 5.23. The third-order valence-corrected chi connectivity index (χ3v) is 9.67. The van der Waals surface area contributed by atoms with Crippen molar-refractivity contribution >= 4 is 0 Å². The lowest BCUT2D eigenvalue weighted by Gasteiger charge is -2.43. The average Bonchev–Trinajstić information content (AvgIpc) is 3.69. The first-order valence-electron chi connectivity index (χ1n) is 15.0. The molecule has 1 N–H and O–H groups in total. The van der Waals surface area contributed by atoms with Crippen LogP contribution in [-0.4, -0.2) is 61.5 Å². The lowest BCUT2D eigenvalue weighted by atomic mass is 9.77. The molecule has 204 valence electrons. The van der Waals surface area contributed by atoms with Gasteiger partial charge in [-0.25, -0.2) is 4.98 Å². The average molecular weight is 515 g/mol. The molecule has 3 aliphatic rings. The number of imidazole rings is 1. The fourth-order valence-electron chi connectivity index (χ4n) is 7.30. The molecule has 4 heterocycles. The Balaban J connectivity index is 1.02. The number of nitrogens with zero attached hydrogens (tertiary/aromatic N) is 5. The van der Waals surface area contributed by atoms with Crippen LogP contribution in [0.15, 0.2) is 55.0 Å². The van der Waals surface area contributed by atoms with Gasteiger partial charge in [-0.2, -0.15) is 0 Å². The highest BCUT2D eigenvalue weighted by Crippen LogP contribution is 2.42. The summed E-state index contributed by atoms with van der Waals surface area (Å²) in [7, 11) is 2.12. The minimum atomic E-state index is 0.578. The van der Waals surface area contributed by atoms with Gasteiger partial charge in [0.1, 0.15) is 5.82 Å². The molecule has 3 fully saturated rings. The number of aryl methyl sites for hydroxylation is 1. The third kappa shape index (κ3) is 6.24. The molecule has 0 unspecified atom stereocenters. The number of aromatic amines is 1. The van der Waals surface area contributed by atoms with E-state index in [2.05, 4.69) is 78.9 Å². The minimum Gasteiger partial charge on any atom is -0.353 e. The van der Waals surface area contributed by atoms with Gasteiger partial charge in [0, 0.05) is 63.6 Å². The van der Waals surface area contributed by atoms with Gasteiger partial charge in [-0.15, -0.1) is 0 Å². The SMILES string of the molecule is Cn1cccc1CN(Cc1ccc(CN2CCC3(CCN(C4CCCCC4)CC3)C2)cc1)Cc1ncc[nH]1. The van der Waals surface area contributed by atoms with Crippen LogP contribution in [0, 0.1) is 5.41 Å². The van der Waals surface area contributed by atoms with E-state index >= 15 is 0 Å². The maximum atomic E-state index is 4.47. The zero-order valence-corrected chi connectivity index (χ0v) is 23.3. The molecule has 0 amide bonds. The van der Waals surface area contributed by atoms with E-state index in [0.717, 1.165) is 38.0 Å². The lowest BCUT2D eigenvalue weighted by Crippen LogP contribution is -2.46. The number of piperidine rings is 1. The van der Waals surface area contributed by atoms with Crippen molar-refractivity contribution in [3.8, 4) is 0 Å². The van der Waals surface area contributed by atoms with Crippen molar-refractivity contribution in [1.29, 1.82) is 0 Å². The van der Waals surface area contributed by atoms with Crippen LogP contribution < -0.4 is 0 Å². The van der Waals surface area contributed by atoms with Crippen molar-refractivity contribution in [2.75, 3.05) is 26.2 Å². The van der Waals surface area contributed by atoms with Gasteiger partial charge in [0.25, 0.3) is 0 Å². The molecular weight excluding hydrogens is 468 g/mol. The Bertz CT molecular complexity index is 1120. The molecule has 1 spiro atoms. The molecule has 38 heavy (non-hydrogen) atoms. The molecule has 1 saturated carbocycles. The van der Waals surface area contributed by atoms with Gasteiger partial charge in [-0.3, -0.25) is 9.80 Å². The van der Waals surface area contributed by atoms with Gasteiger partial charge in [-0.1, -0.05) is 43.5 Å². The molecule has 2 saturated heterocycles. The number of hydrogen-bond acceptors (Lipinski definition) is 4. The van der Waals surface area contributed by atoms with Crippen molar-refractivity contribution in [3.05, 3.63) is 77.6 Å². The fourth-order valence-corrected chi connectivity index (χ4v) is 7.30. The van der Waals surface area contributed by atoms with E-state index in [0.29, 0.717) is 5.41 Å². The van der Waals surface area contributed by atoms with Crippen LogP contribution in [0.1, 0.15) is 74.0 Å². The summed E-state index contributed by atoms with van der Waals surface area (Å²) in [6.07, 6.45) is 17.3. The monoisotopic (exact) mass is 514 g/mol. The number of H-pyrrole nitrogens is 1. The van der Waals surface area contributed by atoms with Gasteiger partial charge in [0.05, 0.1) is 6.54 Å². The molecule has 6 heteroatoms. The Labute approximate surface area is 229 Å². The van der Waals surface area contributed by atoms with E-state index in [1.54, 1.807) is 0 Å². The number of rotatable bonds is 9. The quantitative estimate of drug-likeness (QED) is 0.405. The van der Waals surface area contributed by atoms with Gasteiger partial charge < -0.3 is 14.5 Å². The molecule has 3 aromatic rings. The topological polar surface area (TPSA) is 43.3 Å². The van der Waals surface area contributed by atoms with E-state index in [1.807, 2.05) is 12.4 Å².